The monoisotopic (exact) mass is 396 g/mol. The van der Waals surface area contributed by atoms with E-state index >= 15 is 0 Å². The molecule has 1 saturated heterocycles. The van der Waals surface area contributed by atoms with E-state index in [1.807, 2.05) is 48.2 Å². The lowest BCUT2D eigenvalue weighted by atomic mass is 9.67. The van der Waals surface area contributed by atoms with Crippen molar-refractivity contribution < 1.29 is 9.59 Å². The van der Waals surface area contributed by atoms with Crippen LogP contribution in [0.2, 0.25) is 5.02 Å². The maximum Gasteiger partial charge on any atom is 0.233 e. The van der Waals surface area contributed by atoms with Crippen LogP contribution >= 0.6 is 11.6 Å². The summed E-state index contributed by atoms with van der Waals surface area (Å²) in [5.74, 6) is 0.523. The fourth-order valence-corrected chi connectivity index (χ4v) is 5.04. The Morgan fingerprint density at radius 1 is 1.25 bits per heavy atom. The minimum Gasteiger partial charge on any atom is -0.312 e. The summed E-state index contributed by atoms with van der Waals surface area (Å²) in [4.78, 5) is 32.3. The van der Waals surface area contributed by atoms with E-state index in [0.29, 0.717) is 17.1 Å². The molecule has 4 nitrogen and oxygen atoms in total. The quantitative estimate of drug-likeness (QED) is 0.665. The number of aryl methyl sites for hydroxylation is 1. The second-order valence-corrected chi connectivity index (χ2v) is 8.66. The van der Waals surface area contributed by atoms with E-state index < -0.39 is 0 Å². The van der Waals surface area contributed by atoms with Gasteiger partial charge in [0.2, 0.25) is 5.91 Å². The van der Waals surface area contributed by atoms with Gasteiger partial charge in [0.05, 0.1) is 5.41 Å². The Morgan fingerprint density at radius 2 is 2.07 bits per heavy atom. The van der Waals surface area contributed by atoms with E-state index in [9.17, 15) is 9.59 Å². The van der Waals surface area contributed by atoms with Crippen molar-refractivity contribution >= 4 is 29.0 Å². The molecule has 1 aromatic heterocycles. The minimum absolute atomic E-state index is 0.0860. The van der Waals surface area contributed by atoms with Crippen molar-refractivity contribution in [2.75, 3.05) is 11.4 Å². The average molecular weight is 397 g/mol. The summed E-state index contributed by atoms with van der Waals surface area (Å²) >= 11 is 6.12. The van der Waals surface area contributed by atoms with Gasteiger partial charge in [0.25, 0.3) is 0 Å². The van der Waals surface area contributed by atoms with Gasteiger partial charge < -0.3 is 4.90 Å². The smallest absolute Gasteiger partial charge is 0.233 e. The van der Waals surface area contributed by atoms with Crippen LogP contribution in [0.1, 0.15) is 54.7 Å². The number of benzene rings is 1. The Bertz CT molecular complexity index is 913. The van der Waals surface area contributed by atoms with Crippen molar-refractivity contribution in [2.24, 2.45) is 11.3 Å². The van der Waals surface area contributed by atoms with E-state index in [2.05, 4.69) is 4.98 Å². The average Bonchev–Trinajstić information content (AvgIpc) is 2.97. The van der Waals surface area contributed by atoms with Gasteiger partial charge in [-0.3, -0.25) is 14.6 Å². The second kappa shape index (κ2) is 7.67. The molecule has 1 amide bonds. The number of nitrogens with zero attached hydrogens (tertiary/aromatic N) is 2. The summed E-state index contributed by atoms with van der Waals surface area (Å²) in [5, 5.41) is 0.643. The SMILES string of the molecule is Cc1cccc(C(=O)C[C@H]2CCC[C@@]3(CCN(c4cccc(Cl)c4)C3=O)C2)n1. The van der Waals surface area contributed by atoms with Gasteiger partial charge in [-0.2, -0.15) is 0 Å². The number of Topliss-reactive ketones (excluding diaryl/α,β-unsaturated/α-hetero) is 1. The number of carbonyl (C=O) groups excluding carboxylic acids is 2. The third-order valence-corrected chi connectivity index (χ3v) is 6.46. The number of aromatic nitrogens is 1. The van der Waals surface area contributed by atoms with Gasteiger partial charge in [-0.25, -0.2) is 0 Å². The van der Waals surface area contributed by atoms with Crippen molar-refractivity contribution in [1.29, 1.82) is 0 Å². The third kappa shape index (κ3) is 3.70. The second-order valence-electron chi connectivity index (χ2n) is 8.22. The number of pyridine rings is 1. The molecule has 2 fully saturated rings. The standard InChI is InChI=1S/C23H25ClN2O2/c1-16-5-2-9-20(25-16)21(27)13-17-6-4-10-23(15-17)11-12-26(22(23)28)19-8-3-7-18(24)14-19/h2-3,5,7-9,14,17H,4,6,10-13,15H2,1H3/t17-,23-/m1/s1. The Kier molecular flexibility index (Phi) is 5.24. The molecule has 1 aliphatic carbocycles. The summed E-state index contributed by atoms with van der Waals surface area (Å²) in [6.45, 7) is 2.62. The molecule has 28 heavy (non-hydrogen) atoms. The molecule has 0 bridgehead atoms. The number of carbonyl (C=O) groups is 2. The zero-order valence-electron chi connectivity index (χ0n) is 16.2. The number of anilines is 1. The summed E-state index contributed by atoms with van der Waals surface area (Å²) in [5.41, 5.74) is 1.94. The highest BCUT2D eigenvalue weighted by Crippen LogP contribution is 2.48. The van der Waals surface area contributed by atoms with Gasteiger partial charge in [0.1, 0.15) is 5.69 Å². The normalized spacial score (nSPS) is 24.7. The molecular weight excluding hydrogens is 372 g/mol. The molecular formula is C23H25ClN2O2. The molecule has 0 N–H and O–H groups in total. The van der Waals surface area contributed by atoms with Crippen molar-refractivity contribution in [3.05, 3.63) is 58.9 Å². The maximum atomic E-state index is 13.3. The molecule has 146 valence electrons. The predicted molar refractivity (Wildman–Crippen MR) is 111 cm³/mol. The van der Waals surface area contributed by atoms with Crippen LogP contribution in [0, 0.1) is 18.3 Å². The molecule has 1 spiro atoms. The first kappa shape index (κ1) is 19.1. The van der Waals surface area contributed by atoms with Gasteiger partial charge in [0.15, 0.2) is 5.78 Å². The van der Waals surface area contributed by atoms with E-state index in [-0.39, 0.29) is 23.0 Å². The van der Waals surface area contributed by atoms with Gasteiger partial charge >= 0.3 is 0 Å². The Hall–Kier alpha value is -2.20. The van der Waals surface area contributed by atoms with Crippen molar-refractivity contribution in [2.45, 2.75) is 45.4 Å². The first-order valence-corrected chi connectivity index (χ1v) is 10.4. The lowest BCUT2D eigenvalue weighted by molar-refractivity contribution is -0.128. The Labute approximate surface area is 170 Å². The Morgan fingerprint density at radius 3 is 2.86 bits per heavy atom. The summed E-state index contributed by atoms with van der Waals surface area (Å²) in [7, 11) is 0. The highest BCUT2D eigenvalue weighted by molar-refractivity contribution is 6.31. The van der Waals surface area contributed by atoms with E-state index in [4.69, 9.17) is 11.6 Å². The van der Waals surface area contributed by atoms with Crippen LogP contribution in [-0.2, 0) is 4.79 Å². The van der Waals surface area contributed by atoms with Crippen LogP contribution in [0.4, 0.5) is 5.69 Å². The molecule has 2 atom stereocenters. The molecule has 2 aliphatic rings. The molecule has 1 saturated carbocycles. The summed E-state index contributed by atoms with van der Waals surface area (Å²) in [6, 6.07) is 13.1. The van der Waals surface area contributed by atoms with Crippen LogP contribution in [0.15, 0.2) is 42.5 Å². The largest absolute Gasteiger partial charge is 0.312 e. The number of rotatable bonds is 4. The third-order valence-electron chi connectivity index (χ3n) is 6.23. The molecule has 2 heterocycles. The van der Waals surface area contributed by atoms with E-state index in [1.54, 1.807) is 6.07 Å². The van der Waals surface area contributed by atoms with Crippen LogP contribution < -0.4 is 4.90 Å². The predicted octanol–water partition coefficient (Wildman–Crippen LogP) is 5.23. The van der Waals surface area contributed by atoms with Crippen molar-refractivity contribution in [1.82, 2.24) is 4.98 Å². The lowest BCUT2D eigenvalue weighted by Gasteiger charge is -2.36. The first-order chi connectivity index (χ1) is 13.5. The highest BCUT2D eigenvalue weighted by atomic mass is 35.5. The van der Waals surface area contributed by atoms with E-state index in [0.717, 1.165) is 50.0 Å². The number of halogens is 1. The van der Waals surface area contributed by atoms with Crippen molar-refractivity contribution in [3.63, 3.8) is 0 Å². The van der Waals surface area contributed by atoms with E-state index in [1.165, 1.54) is 0 Å². The molecule has 0 radical (unpaired) electrons. The number of hydrogen-bond acceptors (Lipinski definition) is 3. The van der Waals surface area contributed by atoms with Crippen LogP contribution in [-0.4, -0.2) is 23.2 Å². The highest BCUT2D eigenvalue weighted by Gasteiger charge is 2.49. The fourth-order valence-electron chi connectivity index (χ4n) is 4.86. The van der Waals surface area contributed by atoms with Gasteiger partial charge in [-0.05, 0) is 68.9 Å². The van der Waals surface area contributed by atoms with Crippen molar-refractivity contribution in [3.8, 4) is 0 Å². The topological polar surface area (TPSA) is 50.3 Å². The van der Waals surface area contributed by atoms with Crippen LogP contribution in [0.25, 0.3) is 0 Å². The minimum atomic E-state index is -0.328. The zero-order chi connectivity index (χ0) is 19.7. The lowest BCUT2D eigenvalue weighted by Crippen LogP contribution is -2.38. The molecule has 4 rings (SSSR count). The zero-order valence-corrected chi connectivity index (χ0v) is 16.9. The molecule has 5 heteroatoms. The molecule has 0 unspecified atom stereocenters. The van der Waals surface area contributed by atoms with Gasteiger partial charge in [-0.15, -0.1) is 0 Å². The van der Waals surface area contributed by atoms with Crippen LogP contribution in [0.5, 0.6) is 0 Å². The Balaban J connectivity index is 1.47. The number of ketones is 1. The maximum absolute atomic E-state index is 13.3. The molecule has 1 aromatic carbocycles. The number of hydrogen-bond donors (Lipinski definition) is 0. The first-order valence-electron chi connectivity index (χ1n) is 10.0. The van der Waals surface area contributed by atoms with Crippen LogP contribution in [0.3, 0.4) is 0 Å². The molecule has 2 aromatic rings. The number of amides is 1. The summed E-state index contributed by atoms with van der Waals surface area (Å²) < 4.78 is 0. The van der Waals surface area contributed by atoms with Gasteiger partial charge in [-0.1, -0.05) is 30.2 Å². The summed E-state index contributed by atoms with van der Waals surface area (Å²) in [6.07, 6.45) is 5.03. The van der Waals surface area contributed by atoms with Gasteiger partial charge in [0, 0.05) is 29.4 Å². The molecule has 1 aliphatic heterocycles. The fraction of sp³-hybridized carbons (Fsp3) is 0.435.